The first-order valence-corrected chi connectivity index (χ1v) is 10.3. The summed E-state index contributed by atoms with van der Waals surface area (Å²) in [6.07, 6.45) is 7.31. The minimum absolute atomic E-state index is 0.0574. The summed E-state index contributed by atoms with van der Waals surface area (Å²) in [5.74, 6) is 2.28. The molecule has 4 heterocycles. The quantitative estimate of drug-likeness (QED) is 0.479. The molecule has 1 aliphatic rings. The summed E-state index contributed by atoms with van der Waals surface area (Å²) in [5.41, 5.74) is 2.18. The number of fused-ring (bicyclic) bond motifs is 1. The Morgan fingerprint density at radius 2 is 2.25 bits per heavy atom. The van der Waals surface area contributed by atoms with Gasteiger partial charge in [-0.1, -0.05) is 0 Å². The maximum atomic E-state index is 9.76. The first-order valence-electron chi connectivity index (χ1n) is 10.3. The molecular weight excluding hydrogens is 408 g/mol. The van der Waals surface area contributed by atoms with Gasteiger partial charge in [-0.05, 0) is 37.1 Å². The van der Waals surface area contributed by atoms with E-state index in [0.717, 1.165) is 36.4 Å². The van der Waals surface area contributed by atoms with E-state index in [1.54, 1.807) is 23.0 Å². The first kappa shape index (κ1) is 19.8. The Morgan fingerprint density at radius 3 is 3.06 bits per heavy atom. The summed E-state index contributed by atoms with van der Waals surface area (Å²) in [5, 5.41) is 26.7. The smallest absolute Gasteiger partial charge is 0.248 e. The van der Waals surface area contributed by atoms with Crippen LogP contribution in [0.25, 0.3) is 11.2 Å². The van der Waals surface area contributed by atoms with Crippen LogP contribution < -0.4 is 15.0 Å². The molecule has 5 rings (SSSR count). The first-order chi connectivity index (χ1) is 15.7. The molecule has 3 aromatic heterocycles. The van der Waals surface area contributed by atoms with Gasteiger partial charge in [0.15, 0.2) is 11.6 Å². The molecule has 1 saturated heterocycles. The van der Waals surface area contributed by atoms with Crippen LogP contribution in [0.15, 0.2) is 49.1 Å². The molecule has 2 N–H and O–H groups in total. The molecule has 1 aromatic carbocycles. The number of aliphatic hydroxyl groups is 1. The van der Waals surface area contributed by atoms with Gasteiger partial charge in [-0.3, -0.25) is 0 Å². The lowest BCUT2D eigenvalue weighted by Gasteiger charge is -2.25. The van der Waals surface area contributed by atoms with Crippen molar-refractivity contribution in [2.45, 2.75) is 18.9 Å². The Bertz CT molecular complexity index is 1300. The zero-order valence-electron chi connectivity index (χ0n) is 17.5. The fraction of sp³-hybridized carbons (Fsp3) is 0.273. The molecule has 10 nitrogen and oxygen atoms in total. The van der Waals surface area contributed by atoms with Crippen molar-refractivity contribution in [2.24, 2.45) is 0 Å². The number of imidazole rings is 1. The third-order valence-corrected chi connectivity index (χ3v) is 5.66. The van der Waals surface area contributed by atoms with Crippen LogP contribution in [0, 0.1) is 11.3 Å². The molecular formula is C22H22N8O2. The molecule has 1 fully saturated rings. The van der Waals surface area contributed by atoms with Crippen LogP contribution in [0.2, 0.25) is 0 Å². The predicted octanol–water partition coefficient (Wildman–Crippen LogP) is 2.50. The topological polar surface area (TPSA) is 117 Å². The summed E-state index contributed by atoms with van der Waals surface area (Å²) in [7, 11) is 1.54. The van der Waals surface area contributed by atoms with Crippen LogP contribution in [0.4, 0.5) is 17.6 Å². The summed E-state index contributed by atoms with van der Waals surface area (Å²) in [6, 6.07) is 11.4. The van der Waals surface area contributed by atoms with Gasteiger partial charge in [0.25, 0.3) is 0 Å². The molecule has 0 spiro atoms. The Labute approximate surface area is 184 Å². The van der Waals surface area contributed by atoms with Crippen LogP contribution in [0.5, 0.6) is 5.75 Å². The molecule has 0 radical (unpaired) electrons. The van der Waals surface area contributed by atoms with Crippen molar-refractivity contribution in [1.82, 2.24) is 24.1 Å². The molecule has 0 aliphatic carbocycles. The van der Waals surface area contributed by atoms with Gasteiger partial charge in [-0.15, -0.1) is 5.10 Å². The third-order valence-electron chi connectivity index (χ3n) is 5.66. The van der Waals surface area contributed by atoms with Crippen molar-refractivity contribution >= 4 is 23.1 Å². The normalized spacial score (nSPS) is 15.8. The monoisotopic (exact) mass is 430 g/mol. The molecule has 0 bridgehead atoms. The second-order valence-electron chi connectivity index (χ2n) is 7.56. The SMILES string of the molecule is COc1cc(-n2cnc(Nc3nc(N4CCCC4CO)c4cccn4n3)c2)ccc1C#N. The largest absolute Gasteiger partial charge is 0.495 e. The van der Waals surface area contributed by atoms with E-state index in [9.17, 15) is 10.4 Å². The molecule has 1 aliphatic heterocycles. The van der Waals surface area contributed by atoms with E-state index < -0.39 is 0 Å². The minimum atomic E-state index is 0.0574. The number of hydrogen-bond acceptors (Lipinski definition) is 8. The fourth-order valence-corrected chi connectivity index (χ4v) is 4.06. The lowest BCUT2D eigenvalue weighted by Crippen LogP contribution is -2.33. The second-order valence-corrected chi connectivity index (χ2v) is 7.56. The number of rotatable bonds is 6. The number of nitriles is 1. The molecule has 1 atom stereocenters. The fourth-order valence-electron chi connectivity index (χ4n) is 4.06. The number of ether oxygens (including phenoxy) is 1. The van der Waals surface area contributed by atoms with Gasteiger partial charge in [-0.2, -0.15) is 10.2 Å². The van der Waals surface area contributed by atoms with Gasteiger partial charge in [0.05, 0.1) is 37.2 Å². The summed E-state index contributed by atoms with van der Waals surface area (Å²) in [4.78, 5) is 11.3. The predicted molar refractivity (Wildman–Crippen MR) is 119 cm³/mol. The number of benzene rings is 1. The van der Waals surface area contributed by atoms with Gasteiger partial charge in [0.1, 0.15) is 23.7 Å². The van der Waals surface area contributed by atoms with Crippen molar-refractivity contribution in [3.63, 3.8) is 0 Å². The van der Waals surface area contributed by atoms with Gasteiger partial charge in [-0.25, -0.2) is 9.50 Å². The number of nitrogens with zero attached hydrogens (tertiary/aromatic N) is 7. The van der Waals surface area contributed by atoms with Crippen LogP contribution in [-0.2, 0) is 0 Å². The molecule has 1 unspecified atom stereocenters. The molecule has 4 aromatic rings. The molecule has 0 saturated carbocycles. The highest BCUT2D eigenvalue weighted by molar-refractivity contribution is 5.71. The van der Waals surface area contributed by atoms with Crippen molar-refractivity contribution < 1.29 is 9.84 Å². The van der Waals surface area contributed by atoms with Crippen LogP contribution in [0.3, 0.4) is 0 Å². The van der Waals surface area contributed by atoms with Gasteiger partial charge >= 0.3 is 0 Å². The van der Waals surface area contributed by atoms with E-state index in [1.807, 2.05) is 35.2 Å². The Kier molecular flexibility index (Phi) is 5.09. The van der Waals surface area contributed by atoms with Crippen molar-refractivity contribution in [2.75, 3.05) is 30.5 Å². The van der Waals surface area contributed by atoms with E-state index in [0.29, 0.717) is 23.1 Å². The van der Waals surface area contributed by atoms with E-state index >= 15 is 0 Å². The van der Waals surface area contributed by atoms with Crippen molar-refractivity contribution in [3.05, 3.63) is 54.6 Å². The Morgan fingerprint density at radius 1 is 1.34 bits per heavy atom. The summed E-state index contributed by atoms with van der Waals surface area (Å²) in [6.45, 7) is 0.940. The van der Waals surface area contributed by atoms with Crippen molar-refractivity contribution in [3.8, 4) is 17.5 Å². The Balaban J connectivity index is 1.45. The zero-order chi connectivity index (χ0) is 22.1. The number of anilines is 3. The van der Waals surface area contributed by atoms with Crippen molar-refractivity contribution in [1.29, 1.82) is 5.26 Å². The van der Waals surface area contributed by atoms with E-state index in [-0.39, 0.29) is 12.6 Å². The van der Waals surface area contributed by atoms with Crippen LogP contribution in [0.1, 0.15) is 18.4 Å². The number of nitrogens with one attached hydrogen (secondary N) is 1. The van der Waals surface area contributed by atoms with Crippen LogP contribution in [-0.4, -0.2) is 55.6 Å². The van der Waals surface area contributed by atoms with Gasteiger partial charge < -0.3 is 24.6 Å². The lowest BCUT2D eigenvalue weighted by molar-refractivity contribution is 0.266. The van der Waals surface area contributed by atoms with Gasteiger partial charge in [0.2, 0.25) is 5.95 Å². The highest BCUT2D eigenvalue weighted by atomic mass is 16.5. The molecule has 0 amide bonds. The minimum Gasteiger partial charge on any atom is -0.495 e. The number of hydrogen-bond donors (Lipinski definition) is 2. The van der Waals surface area contributed by atoms with E-state index in [1.165, 1.54) is 7.11 Å². The summed E-state index contributed by atoms with van der Waals surface area (Å²) < 4.78 is 8.90. The lowest BCUT2D eigenvalue weighted by atomic mass is 10.2. The number of aromatic nitrogens is 5. The molecule has 32 heavy (non-hydrogen) atoms. The summed E-state index contributed by atoms with van der Waals surface area (Å²) >= 11 is 0. The van der Waals surface area contributed by atoms with E-state index in [2.05, 4.69) is 26.4 Å². The molecule has 10 heteroatoms. The highest BCUT2D eigenvalue weighted by Crippen LogP contribution is 2.29. The maximum absolute atomic E-state index is 9.76. The highest BCUT2D eigenvalue weighted by Gasteiger charge is 2.27. The zero-order valence-corrected chi connectivity index (χ0v) is 17.5. The number of aliphatic hydroxyl groups excluding tert-OH is 1. The van der Waals surface area contributed by atoms with Gasteiger partial charge in [0, 0.05) is 18.8 Å². The Hall–Kier alpha value is -4.10. The standard InChI is InChI=1S/C22H22N8O2/c1-32-19-10-16(7-6-15(19)11-23)28-12-20(24-14-28)25-22-26-21(18-5-3-9-30(18)27-22)29-8-2-4-17(29)13-31/h3,5-7,9-10,12,14,17,31H,2,4,8,13H2,1H3,(H,25,27). The molecule has 162 valence electrons. The van der Waals surface area contributed by atoms with Crippen LogP contribution >= 0.6 is 0 Å². The third kappa shape index (κ3) is 3.48. The van der Waals surface area contributed by atoms with E-state index in [4.69, 9.17) is 9.72 Å². The average Bonchev–Trinajstić information content (AvgIpc) is 3.58. The average molecular weight is 430 g/mol. The maximum Gasteiger partial charge on any atom is 0.248 e. The number of methoxy groups -OCH3 is 1. The second kappa shape index (κ2) is 8.20.